The highest BCUT2D eigenvalue weighted by Gasteiger charge is 2.04. The number of benzene rings is 1. The van der Waals surface area contributed by atoms with Crippen molar-refractivity contribution in [2.75, 3.05) is 5.32 Å². The molecule has 0 bridgehead atoms. The second kappa shape index (κ2) is 5.93. The number of pyridine rings is 1. The molecular weight excluding hydrogens is 310 g/mol. The summed E-state index contributed by atoms with van der Waals surface area (Å²) in [4.78, 5) is 4.44. The molecule has 0 amide bonds. The maximum Gasteiger partial charge on any atom is 0.106 e. The third-order valence-corrected chi connectivity index (χ3v) is 3.17. The van der Waals surface area contributed by atoms with E-state index in [1.165, 1.54) is 5.56 Å². The minimum Gasteiger partial charge on any atom is -0.389 e. The summed E-state index contributed by atoms with van der Waals surface area (Å²) >= 11 is 8.45. The minimum absolute atomic E-state index is 0.370. The van der Waals surface area contributed by atoms with Crippen LogP contribution < -0.4 is 11.1 Å². The minimum atomic E-state index is 0.370. The Balaban J connectivity index is 2.13. The number of halogens is 1. The molecule has 0 saturated carbocycles. The number of nitrogens with one attached hydrogen (secondary N) is 1. The first-order valence-electron chi connectivity index (χ1n) is 5.39. The Labute approximate surface area is 120 Å². The molecule has 3 N–H and O–H groups in total. The quantitative estimate of drug-likeness (QED) is 0.850. The van der Waals surface area contributed by atoms with E-state index in [1.54, 1.807) is 12.4 Å². The fraction of sp³-hybridized carbons (Fsp3) is 0.0769. The standard InChI is InChI=1S/C13H12BrN3S/c14-10-3-1-2-9(6-10)7-17-12-8-16-5-4-11(12)13(15)18/h1-6,8,17H,7H2,(H2,15,18). The Bertz CT molecular complexity index is 572. The molecule has 92 valence electrons. The second-order valence-electron chi connectivity index (χ2n) is 3.77. The van der Waals surface area contributed by atoms with Gasteiger partial charge in [0.2, 0.25) is 0 Å². The molecule has 1 aromatic heterocycles. The molecule has 0 radical (unpaired) electrons. The van der Waals surface area contributed by atoms with Crippen molar-refractivity contribution in [3.05, 3.63) is 58.3 Å². The number of thiocarbonyl (C=S) groups is 1. The van der Waals surface area contributed by atoms with Crippen LogP contribution in [-0.2, 0) is 6.54 Å². The van der Waals surface area contributed by atoms with Gasteiger partial charge in [0, 0.05) is 22.8 Å². The summed E-state index contributed by atoms with van der Waals surface area (Å²) in [7, 11) is 0. The van der Waals surface area contributed by atoms with Crippen LogP contribution in [0.5, 0.6) is 0 Å². The lowest BCUT2D eigenvalue weighted by Crippen LogP contribution is -2.13. The zero-order chi connectivity index (χ0) is 13.0. The zero-order valence-corrected chi connectivity index (χ0v) is 12.0. The van der Waals surface area contributed by atoms with E-state index >= 15 is 0 Å². The molecule has 0 fully saturated rings. The van der Waals surface area contributed by atoms with Crippen molar-refractivity contribution in [2.45, 2.75) is 6.54 Å². The average molecular weight is 322 g/mol. The van der Waals surface area contributed by atoms with Gasteiger partial charge in [-0.05, 0) is 23.8 Å². The van der Waals surface area contributed by atoms with Crippen LogP contribution in [0.15, 0.2) is 47.2 Å². The van der Waals surface area contributed by atoms with Crippen LogP contribution in [0.3, 0.4) is 0 Å². The predicted molar refractivity (Wildman–Crippen MR) is 81.6 cm³/mol. The van der Waals surface area contributed by atoms with E-state index in [0.717, 1.165) is 15.7 Å². The largest absolute Gasteiger partial charge is 0.389 e. The van der Waals surface area contributed by atoms with Gasteiger partial charge in [0.05, 0.1) is 11.9 Å². The number of nitrogens with zero attached hydrogens (tertiary/aromatic N) is 1. The van der Waals surface area contributed by atoms with Gasteiger partial charge in [-0.1, -0.05) is 40.3 Å². The van der Waals surface area contributed by atoms with Crippen molar-refractivity contribution >= 4 is 38.8 Å². The summed E-state index contributed by atoms with van der Waals surface area (Å²) in [6.07, 6.45) is 3.41. The molecule has 18 heavy (non-hydrogen) atoms. The monoisotopic (exact) mass is 321 g/mol. The van der Waals surface area contributed by atoms with E-state index in [4.69, 9.17) is 18.0 Å². The molecule has 0 atom stereocenters. The lowest BCUT2D eigenvalue weighted by molar-refractivity contribution is 1.13. The van der Waals surface area contributed by atoms with Crippen molar-refractivity contribution < 1.29 is 0 Å². The number of anilines is 1. The molecule has 0 saturated heterocycles. The van der Waals surface area contributed by atoms with Gasteiger partial charge < -0.3 is 11.1 Å². The van der Waals surface area contributed by atoms with Gasteiger partial charge in [-0.2, -0.15) is 0 Å². The molecule has 0 aliphatic rings. The molecule has 0 aliphatic carbocycles. The summed E-state index contributed by atoms with van der Waals surface area (Å²) in [6.45, 7) is 0.695. The van der Waals surface area contributed by atoms with Crippen LogP contribution in [0.4, 0.5) is 5.69 Å². The molecule has 1 aromatic carbocycles. The number of nitrogens with two attached hydrogens (primary N) is 1. The molecule has 1 heterocycles. The number of hydrogen-bond donors (Lipinski definition) is 2. The number of rotatable bonds is 4. The van der Waals surface area contributed by atoms with Crippen LogP contribution >= 0.6 is 28.1 Å². The maximum absolute atomic E-state index is 5.66. The van der Waals surface area contributed by atoms with E-state index < -0.39 is 0 Å². The van der Waals surface area contributed by atoms with Gasteiger partial charge in [-0.3, -0.25) is 4.98 Å². The Hall–Kier alpha value is -1.46. The topological polar surface area (TPSA) is 50.9 Å². The van der Waals surface area contributed by atoms with Gasteiger partial charge >= 0.3 is 0 Å². The summed E-state index contributed by atoms with van der Waals surface area (Å²) < 4.78 is 1.06. The van der Waals surface area contributed by atoms with E-state index in [0.29, 0.717) is 11.5 Å². The lowest BCUT2D eigenvalue weighted by Gasteiger charge is -2.10. The van der Waals surface area contributed by atoms with Crippen molar-refractivity contribution in [2.24, 2.45) is 5.73 Å². The predicted octanol–water partition coefficient (Wildman–Crippen LogP) is 3.09. The third kappa shape index (κ3) is 3.27. The Kier molecular flexibility index (Phi) is 4.28. The van der Waals surface area contributed by atoms with Crippen molar-refractivity contribution in [3.63, 3.8) is 0 Å². The van der Waals surface area contributed by atoms with Crippen LogP contribution in [0.1, 0.15) is 11.1 Å². The second-order valence-corrected chi connectivity index (χ2v) is 5.12. The normalized spacial score (nSPS) is 10.1. The molecular formula is C13H12BrN3S. The summed E-state index contributed by atoms with van der Waals surface area (Å²) in [6, 6.07) is 9.91. The van der Waals surface area contributed by atoms with Gasteiger partial charge in [0.15, 0.2) is 0 Å². The van der Waals surface area contributed by atoms with Gasteiger partial charge in [-0.15, -0.1) is 0 Å². The lowest BCUT2D eigenvalue weighted by atomic mass is 10.2. The van der Waals surface area contributed by atoms with Crippen LogP contribution in [-0.4, -0.2) is 9.97 Å². The highest BCUT2D eigenvalue weighted by Crippen LogP contribution is 2.16. The molecule has 5 heteroatoms. The van der Waals surface area contributed by atoms with Gasteiger partial charge in [0.1, 0.15) is 4.99 Å². The maximum atomic E-state index is 5.66. The Morgan fingerprint density at radius 1 is 1.39 bits per heavy atom. The van der Waals surface area contributed by atoms with Crippen molar-refractivity contribution in [1.29, 1.82) is 0 Å². The van der Waals surface area contributed by atoms with Crippen LogP contribution in [0, 0.1) is 0 Å². The molecule has 0 spiro atoms. The van der Waals surface area contributed by atoms with Crippen LogP contribution in [0.25, 0.3) is 0 Å². The summed E-state index contributed by atoms with van der Waals surface area (Å²) in [5.41, 5.74) is 8.50. The summed E-state index contributed by atoms with van der Waals surface area (Å²) in [5.74, 6) is 0. The third-order valence-electron chi connectivity index (χ3n) is 2.46. The van der Waals surface area contributed by atoms with Gasteiger partial charge in [0.25, 0.3) is 0 Å². The first-order chi connectivity index (χ1) is 8.66. The smallest absolute Gasteiger partial charge is 0.106 e. The molecule has 0 aliphatic heterocycles. The highest BCUT2D eigenvalue weighted by molar-refractivity contribution is 9.10. The van der Waals surface area contributed by atoms with Crippen molar-refractivity contribution in [1.82, 2.24) is 4.98 Å². The number of hydrogen-bond acceptors (Lipinski definition) is 3. The fourth-order valence-electron chi connectivity index (χ4n) is 1.59. The van der Waals surface area contributed by atoms with E-state index in [1.807, 2.05) is 18.2 Å². The van der Waals surface area contributed by atoms with Crippen LogP contribution in [0.2, 0.25) is 0 Å². The van der Waals surface area contributed by atoms with E-state index in [-0.39, 0.29) is 0 Å². The first kappa shape index (κ1) is 13.0. The SMILES string of the molecule is NC(=S)c1ccncc1NCc1cccc(Br)c1. The zero-order valence-electron chi connectivity index (χ0n) is 9.56. The molecule has 2 aromatic rings. The van der Waals surface area contributed by atoms with Gasteiger partial charge in [-0.25, -0.2) is 0 Å². The molecule has 2 rings (SSSR count). The highest BCUT2D eigenvalue weighted by atomic mass is 79.9. The fourth-order valence-corrected chi connectivity index (χ4v) is 2.22. The van der Waals surface area contributed by atoms with Crippen molar-refractivity contribution in [3.8, 4) is 0 Å². The summed E-state index contributed by atoms with van der Waals surface area (Å²) in [5, 5.41) is 3.29. The Morgan fingerprint density at radius 2 is 2.22 bits per heavy atom. The molecule has 3 nitrogen and oxygen atoms in total. The first-order valence-corrected chi connectivity index (χ1v) is 6.59. The Morgan fingerprint density at radius 3 is 2.94 bits per heavy atom. The van der Waals surface area contributed by atoms with E-state index in [9.17, 15) is 0 Å². The molecule has 0 unspecified atom stereocenters. The van der Waals surface area contributed by atoms with E-state index in [2.05, 4.69) is 38.4 Å². The number of aromatic nitrogens is 1. The average Bonchev–Trinajstić information content (AvgIpc) is 2.37.